The Bertz CT molecular complexity index is 971. The van der Waals surface area contributed by atoms with Crippen LogP contribution in [0, 0.1) is 0 Å². The van der Waals surface area contributed by atoms with Gasteiger partial charge in [0.25, 0.3) is 0 Å². The topological polar surface area (TPSA) is 79.5 Å². The fourth-order valence-electron chi connectivity index (χ4n) is 3.03. The van der Waals surface area contributed by atoms with E-state index in [9.17, 15) is 9.59 Å². The highest BCUT2D eigenvalue weighted by Crippen LogP contribution is 2.14. The molecule has 0 aliphatic carbocycles. The lowest BCUT2D eigenvalue weighted by Crippen LogP contribution is -2.27. The van der Waals surface area contributed by atoms with Gasteiger partial charge in [-0.25, -0.2) is 0 Å². The summed E-state index contributed by atoms with van der Waals surface area (Å²) < 4.78 is 5.13. The van der Waals surface area contributed by atoms with Crippen LogP contribution in [0.1, 0.15) is 17.5 Å². The van der Waals surface area contributed by atoms with Crippen molar-refractivity contribution in [2.75, 3.05) is 24.3 Å². The van der Waals surface area contributed by atoms with Crippen LogP contribution < -0.4 is 20.7 Å². The molecule has 0 radical (unpaired) electrons. The van der Waals surface area contributed by atoms with E-state index in [4.69, 9.17) is 4.74 Å². The molecule has 160 valence electrons. The van der Waals surface area contributed by atoms with Crippen LogP contribution in [0.25, 0.3) is 0 Å². The molecule has 3 aromatic carbocycles. The maximum absolute atomic E-state index is 12.1. The van der Waals surface area contributed by atoms with Gasteiger partial charge in [-0.1, -0.05) is 42.5 Å². The van der Waals surface area contributed by atoms with Crippen LogP contribution >= 0.6 is 0 Å². The summed E-state index contributed by atoms with van der Waals surface area (Å²) in [4.78, 5) is 24.2. The van der Waals surface area contributed by atoms with Gasteiger partial charge in [0.05, 0.1) is 13.7 Å². The normalized spacial score (nSPS) is 10.4. The number of hydrogen-bond acceptors (Lipinski definition) is 4. The number of amides is 2. The molecule has 0 aliphatic heterocycles. The van der Waals surface area contributed by atoms with Gasteiger partial charge in [-0.05, 0) is 53.9 Å². The summed E-state index contributed by atoms with van der Waals surface area (Å²) in [7, 11) is 1.63. The maximum Gasteiger partial charge on any atom is 0.238 e. The molecule has 0 saturated carbocycles. The molecule has 0 unspecified atom stereocenters. The van der Waals surface area contributed by atoms with Crippen molar-refractivity contribution in [3.63, 3.8) is 0 Å². The van der Waals surface area contributed by atoms with E-state index in [1.807, 2.05) is 54.6 Å². The Morgan fingerprint density at radius 1 is 0.742 bits per heavy atom. The van der Waals surface area contributed by atoms with Gasteiger partial charge in [-0.3, -0.25) is 9.59 Å². The zero-order chi connectivity index (χ0) is 21.9. The number of aryl methyl sites for hydroxylation is 1. The quantitative estimate of drug-likeness (QED) is 0.466. The van der Waals surface area contributed by atoms with Gasteiger partial charge in [0.2, 0.25) is 11.8 Å². The molecule has 3 rings (SSSR count). The first-order valence-corrected chi connectivity index (χ1v) is 10.2. The van der Waals surface area contributed by atoms with Crippen molar-refractivity contribution in [3.8, 4) is 5.75 Å². The number of anilines is 2. The molecule has 0 spiro atoms. The van der Waals surface area contributed by atoms with Crippen LogP contribution in [-0.2, 0) is 22.6 Å². The van der Waals surface area contributed by atoms with Gasteiger partial charge < -0.3 is 20.7 Å². The Labute approximate surface area is 182 Å². The molecule has 31 heavy (non-hydrogen) atoms. The Morgan fingerprint density at radius 3 is 1.97 bits per heavy atom. The fourth-order valence-corrected chi connectivity index (χ4v) is 3.03. The second-order valence-electron chi connectivity index (χ2n) is 7.11. The zero-order valence-corrected chi connectivity index (χ0v) is 17.6. The third-order valence-corrected chi connectivity index (χ3v) is 4.71. The summed E-state index contributed by atoms with van der Waals surface area (Å²) in [6, 6.07) is 24.7. The molecule has 0 atom stereocenters. The minimum absolute atomic E-state index is 0.0385. The first-order valence-electron chi connectivity index (χ1n) is 10.2. The highest BCUT2D eigenvalue weighted by atomic mass is 16.5. The molecule has 3 aromatic rings. The van der Waals surface area contributed by atoms with Crippen molar-refractivity contribution in [1.29, 1.82) is 0 Å². The minimum atomic E-state index is -0.131. The molecule has 3 N–H and O–H groups in total. The number of benzene rings is 3. The first-order chi connectivity index (χ1) is 15.1. The predicted octanol–water partition coefficient (Wildman–Crippen LogP) is 3.99. The fraction of sp³-hybridized carbons (Fsp3) is 0.200. The third kappa shape index (κ3) is 7.60. The van der Waals surface area contributed by atoms with E-state index >= 15 is 0 Å². The molecule has 0 saturated heterocycles. The molecule has 0 heterocycles. The van der Waals surface area contributed by atoms with E-state index in [-0.39, 0.29) is 18.4 Å². The van der Waals surface area contributed by atoms with E-state index < -0.39 is 0 Å². The SMILES string of the molecule is COc1ccc(CNCC(=O)Nc2ccc(NC(=O)CCc3ccccc3)cc2)cc1. The summed E-state index contributed by atoms with van der Waals surface area (Å²) in [6.07, 6.45) is 1.12. The van der Waals surface area contributed by atoms with E-state index in [1.54, 1.807) is 31.4 Å². The summed E-state index contributed by atoms with van der Waals surface area (Å²) in [5.41, 5.74) is 3.59. The second kappa shape index (κ2) is 11.5. The van der Waals surface area contributed by atoms with Gasteiger partial charge in [-0.2, -0.15) is 0 Å². The van der Waals surface area contributed by atoms with Crippen molar-refractivity contribution in [1.82, 2.24) is 5.32 Å². The lowest BCUT2D eigenvalue weighted by atomic mass is 10.1. The van der Waals surface area contributed by atoms with E-state index in [0.717, 1.165) is 16.9 Å². The third-order valence-electron chi connectivity index (χ3n) is 4.71. The molecular weight excluding hydrogens is 390 g/mol. The van der Waals surface area contributed by atoms with Crippen LogP contribution in [0.4, 0.5) is 11.4 Å². The second-order valence-corrected chi connectivity index (χ2v) is 7.11. The number of nitrogens with one attached hydrogen (secondary N) is 3. The Balaban J connectivity index is 1.37. The highest BCUT2D eigenvalue weighted by Gasteiger charge is 2.05. The van der Waals surface area contributed by atoms with Crippen molar-refractivity contribution in [3.05, 3.63) is 90.0 Å². The van der Waals surface area contributed by atoms with E-state index in [0.29, 0.717) is 30.8 Å². The van der Waals surface area contributed by atoms with Gasteiger partial charge in [-0.15, -0.1) is 0 Å². The molecule has 0 fully saturated rings. The molecule has 6 nitrogen and oxygen atoms in total. The van der Waals surface area contributed by atoms with Crippen LogP contribution in [-0.4, -0.2) is 25.5 Å². The Hall–Kier alpha value is -3.64. The van der Waals surface area contributed by atoms with E-state index in [1.165, 1.54) is 0 Å². The first kappa shape index (κ1) is 22.1. The predicted molar refractivity (Wildman–Crippen MR) is 123 cm³/mol. The monoisotopic (exact) mass is 417 g/mol. The van der Waals surface area contributed by atoms with E-state index in [2.05, 4.69) is 16.0 Å². The largest absolute Gasteiger partial charge is 0.497 e. The molecule has 0 aromatic heterocycles. The van der Waals surface area contributed by atoms with Crippen LogP contribution in [0.15, 0.2) is 78.9 Å². The number of carbonyl (C=O) groups excluding carboxylic acids is 2. The number of methoxy groups -OCH3 is 1. The summed E-state index contributed by atoms with van der Waals surface area (Å²) in [5, 5.41) is 8.83. The van der Waals surface area contributed by atoms with Crippen molar-refractivity contribution in [2.24, 2.45) is 0 Å². The van der Waals surface area contributed by atoms with Gasteiger partial charge in [0.15, 0.2) is 0 Å². The van der Waals surface area contributed by atoms with Gasteiger partial charge in [0.1, 0.15) is 5.75 Å². The molecular formula is C25H27N3O3. The lowest BCUT2D eigenvalue weighted by Gasteiger charge is -2.09. The van der Waals surface area contributed by atoms with Gasteiger partial charge in [0, 0.05) is 24.3 Å². The van der Waals surface area contributed by atoms with Crippen LogP contribution in [0.5, 0.6) is 5.75 Å². The zero-order valence-electron chi connectivity index (χ0n) is 17.6. The number of ether oxygens (including phenoxy) is 1. The number of rotatable bonds is 10. The maximum atomic E-state index is 12.1. The lowest BCUT2D eigenvalue weighted by molar-refractivity contribution is -0.116. The average molecular weight is 418 g/mol. The van der Waals surface area contributed by atoms with Crippen LogP contribution in [0.3, 0.4) is 0 Å². The number of hydrogen-bond donors (Lipinski definition) is 3. The average Bonchev–Trinajstić information content (AvgIpc) is 2.80. The molecule has 2 amide bonds. The summed E-state index contributed by atoms with van der Waals surface area (Å²) in [5.74, 6) is 0.633. The molecule has 6 heteroatoms. The van der Waals surface area contributed by atoms with Crippen molar-refractivity contribution >= 4 is 23.2 Å². The Morgan fingerprint density at radius 2 is 1.35 bits per heavy atom. The van der Waals surface area contributed by atoms with Crippen LogP contribution in [0.2, 0.25) is 0 Å². The molecule has 0 aliphatic rings. The highest BCUT2D eigenvalue weighted by molar-refractivity contribution is 5.93. The Kier molecular flexibility index (Phi) is 8.20. The minimum Gasteiger partial charge on any atom is -0.497 e. The van der Waals surface area contributed by atoms with Gasteiger partial charge >= 0.3 is 0 Å². The molecule has 0 bridgehead atoms. The van der Waals surface area contributed by atoms with Crippen molar-refractivity contribution in [2.45, 2.75) is 19.4 Å². The smallest absolute Gasteiger partial charge is 0.238 e. The number of carbonyl (C=O) groups is 2. The summed E-state index contributed by atoms with van der Waals surface area (Å²) >= 11 is 0. The van der Waals surface area contributed by atoms with Crippen molar-refractivity contribution < 1.29 is 14.3 Å². The standard InChI is InChI=1S/C25H27N3O3/c1-31-23-14-7-20(8-15-23)17-26-18-25(30)28-22-12-10-21(11-13-22)27-24(29)16-9-19-5-3-2-4-6-19/h2-8,10-15,26H,9,16-18H2,1H3,(H,27,29)(H,28,30). The summed E-state index contributed by atoms with van der Waals surface area (Å²) in [6.45, 7) is 0.787.